The number of aromatic nitrogens is 1. The summed E-state index contributed by atoms with van der Waals surface area (Å²) in [6, 6.07) is 16.6. The van der Waals surface area contributed by atoms with E-state index >= 15 is 0 Å². The molecule has 3 rings (SSSR count). The highest BCUT2D eigenvalue weighted by Crippen LogP contribution is 2.24. The maximum atomic E-state index is 12.4. The van der Waals surface area contributed by atoms with Crippen LogP contribution in [0.15, 0.2) is 60.0 Å². The zero-order valence-electron chi connectivity index (χ0n) is 15.5. The second kappa shape index (κ2) is 9.25. The third-order valence-electron chi connectivity index (χ3n) is 3.93. The standard InChI is InChI=1S/C21H20N2O4S/c1-14(27-20(25)17-10-6-7-15(11-17)12-26-2)19(24)23-21-22-18(13-28-21)16-8-4-3-5-9-16/h3-11,13-14H,12H2,1-2H3,(H,22,23,24). The molecule has 3 aromatic rings. The zero-order valence-corrected chi connectivity index (χ0v) is 16.4. The van der Waals surface area contributed by atoms with Crippen LogP contribution in [0.25, 0.3) is 11.3 Å². The monoisotopic (exact) mass is 396 g/mol. The van der Waals surface area contributed by atoms with Crippen LogP contribution >= 0.6 is 11.3 Å². The molecule has 144 valence electrons. The third-order valence-corrected chi connectivity index (χ3v) is 4.69. The minimum absolute atomic E-state index is 0.370. The minimum atomic E-state index is -0.956. The summed E-state index contributed by atoms with van der Waals surface area (Å²) in [7, 11) is 1.58. The van der Waals surface area contributed by atoms with Gasteiger partial charge in [-0.1, -0.05) is 42.5 Å². The van der Waals surface area contributed by atoms with Crippen molar-refractivity contribution in [1.29, 1.82) is 0 Å². The van der Waals surface area contributed by atoms with E-state index in [2.05, 4.69) is 10.3 Å². The molecule has 0 fully saturated rings. The maximum Gasteiger partial charge on any atom is 0.338 e. The van der Waals surface area contributed by atoms with Gasteiger partial charge in [0.15, 0.2) is 11.2 Å². The van der Waals surface area contributed by atoms with E-state index < -0.39 is 18.0 Å². The second-order valence-electron chi connectivity index (χ2n) is 6.07. The Kier molecular flexibility index (Phi) is 6.52. The third kappa shape index (κ3) is 5.03. The molecular weight excluding hydrogens is 376 g/mol. The Morgan fingerprint density at radius 1 is 1.14 bits per heavy atom. The highest BCUT2D eigenvalue weighted by atomic mass is 32.1. The number of nitrogens with one attached hydrogen (secondary N) is 1. The van der Waals surface area contributed by atoms with Crippen LogP contribution in [0.1, 0.15) is 22.8 Å². The summed E-state index contributed by atoms with van der Waals surface area (Å²) in [6.45, 7) is 1.92. The molecule has 0 aliphatic heterocycles. The number of esters is 1. The normalized spacial score (nSPS) is 11.6. The maximum absolute atomic E-state index is 12.4. The number of methoxy groups -OCH3 is 1. The van der Waals surface area contributed by atoms with Crippen LogP contribution in [0.4, 0.5) is 5.13 Å². The van der Waals surface area contributed by atoms with Crippen molar-refractivity contribution in [3.8, 4) is 11.3 Å². The Balaban J connectivity index is 1.59. The van der Waals surface area contributed by atoms with E-state index in [-0.39, 0.29) is 0 Å². The van der Waals surface area contributed by atoms with Crippen LogP contribution in [-0.2, 0) is 20.9 Å². The van der Waals surface area contributed by atoms with Gasteiger partial charge in [0, 0.05) is 18.1 Å². The van der Waals surface area contributed by atoms with Crippen molar-refractivity contribution >= 4 is 28.3 Å². The fraction of sp³-hybridized carbons (Fsp3) is 0.190. The molecule has 2 aromatic carbocycles. The predicted molar refractivity (Wildman–Crippen MR) is 108 cm³/mol. The van der Waals surface area contributed by atoms with Gasteiger partial charge in [0.2, 0.25) is 0 Å². The number of rotatable bonds is 7. The first-order valence-corrected chi connectivity index (χ1v) is 9.55. The molecule has 6 nitrogen and oxygen atoms in total. The summed E-state index contributed by atoms with van der Waals surface area (Å²) in [5.74, 6) is -1.000. The van der Waals surface area contributed by atoms with E-state index in [9.17, 15) is 9.59 Å². The molecule has 1 amide bonds. The molecule has 0 aliphatic carbocycles. The van der Waals surface area contributed by atoms with Gasteiger partial charge in [-0.15, -0.1) is 11.3 Å². The van der Waals surface area contributed by atoms with Gasteiger partial charge >= 0.3 is 5.97 Å². The zero-order chi connectivity index (χ0) is 19.9. The molecule has 0 saturated carbocycles. The van der Waals surface area contributed by atoms with Crippen molar-refractivity contribution in [2.75, 3.05) is 12.4 Å². The summed E-state index contributed by atoms with van der Waals surface area (Å²) in [6.07, 6.45) is -0.956. The number of carbonyl (C=O) groups excluding carboxylic acids is 2. The molecule has 1 N–H and O–H groups in total. The molecule has 0 radical (unpaired) electrons. The van der Waals surface area contributed by atoms with Crippen LogP contribution in [0, 0.1) is 0 Å². The van der Waals surface area contributed by atoms with Gasteiger partial charge in [-0.2, -0.15) is 0 Å². The van der Waals surface area contributed by atoms with E-state index in [4.69, 9.17) is 9.47 Å². The lowest BCUT2D eigenvalue weighted by Gasteiger charge is -2.12. The van der Waals surface area contributed by atoms with Crippen LogP contribution in [-0.4, -0.2) is 30.1 Å². The Morgan fingerprint density at radius 2 is 1.93 bits per heavy atom. The van der Waals surface area contributed by atoms with Crippen molar-refractivity contribution in [2.24, 2.45) is 0 Å². The highest BCUT2D eigenvalue weighted by molar-refractivity contribution is 7.14. The Morgan fingerprint density at radius 3 is 2.68 bits per heavy atom. The molecule has 0 spiro atoms. The number of thiazole rings is 1. The Labute approximate surface area is 167 Å². The topological polar surface area (TPSA) is 77.5 Å². The average Bonchev–Trinajstić information content (AvgIpc) is 3.17. The lowest BCUT2D eigenvalue weighted by molar-refractivity contribution is -0.123. The van der Waals surface area contributed by atoms with Gasteiger partial charge in [0.25, 0.3) is 5.91 Å². The highest BCUT2D eigenvalue weighted by Gasteiger charge is 2.20. The molecule has 0 bridgehead atoms. The van der Waals surface area contributed by atoms with Gasteiger partial charge in [-0.05, 0) is 24.6 Å². The van der Waals surface area contributed by atoms with Gasteiger partial charge in [0.1, 0.15) is 0 Å². The van der Waals surface area contributed by atoms with Crippen molar-refractivity contribution < 1.29 is 19.1 Å². The van der Waals surface area contributed by atoms with E-state index in [1.165, 1.54) is 18.3 Å². The summed E-state index contributed by atoms with van der Waals surface area (Å²) in [5.41, 5.74) is 2.97. The molecule has 7 heteroatoms. The number of carbonyl (C=O) groups is 2. The summed E-state index contributed by atoms with van der Waals surface area (Å²) in [4.78, 5) is 29.1. The molecule has 28 heavy (non-hydrogen) atoms. The largest absolute Gasteiger partial charge is 0.449 e. The number of anilines is 1. The molecule has 1 aromatic heterocycles. The van der Waals surface area contributed by atoms with Crippen LogP contribution in [0.3, 0.4) is 0 Å². The number of ether oxygens (including phenoxy) is 2. The summed E-state index contributed by atoms with van der Waals surface area (Å²) >= 11 is 1.32. The lowest BCUT2D eigenvalue weighted by atomic mass is 10.1. The van der Waals surface area contributed by atoms with Crippen LogP contribution in [0.2, 0.25) is 0 Å². The Hall–Kier alpha value is -3.03. The smallest absolute Gasteiger partial charge is 0.338 e. The predicted octanol–water partition coefficient (Wildman–Crippen LogP) is 4.14. The van der Waals surface area contributed by atoms with E-state index in [0.29, 0.717) is 17.3 Å². The second-order valence-corrected chi connectivity index (χ2v) is 6.93. The van der Waals surface area contributed by atoms with Crippen LogP contribution < -0.4 is 5.32 Å². The van der Waals surface area contributed by atoms with E-state index in [1.807, 2.05) is 41.8 Å². The minimum Gasteiger partial charge on any atom is -0.449 e. The van der Waals surface area contributed by atoms with Crippen molar-refractivity contribution in [1.82, 2.24) is 4.98 Å². The quantitative estimate of drug-likeness (QED) is 0.607. The number of nitrogens with zero attached hydrogens (tertiary/aromatic N) is 1. The fourth-order valence-electron chi connectivity index (χ4n) is 2.52. The molecule has 1 heterocycles. The van der Waals surface area contributed by atoms with Gasteiger partial charge in [0.05, 0.1) is 17.9 Å². The molecule has 1 atom stereocenters. The number of benzene rings is 2. The first kappa shape index (κ1) is 19.7. The first-order chi connectivity index (χ1) is 13.6. The summed E-state index contributed by atoms with van der Waals surface area (Å²) in [5, 5.41) is 5.01. The van der Waals surface area contributed by atoms with Crippen LogP contribution in [0.5, 0.6) is 0 Å². The molecular formula is C21H20N2O4S. The molecule has 1 unspecified atom stereocenters. The van der Waals surface area contributed by atoms with Crippen molar-refractivity contribution in [3.05, 3.63) is 71.1 Å². The number of amides is 1. The number of hydrogen-bond donors (Lipinski definition) is 1. The van der Waals surface area contributed by atoms with Crippen molar-refractivity contribution in [3.63, 3.8) is 0 Å². The lowest BCUT2D eigenvalue weighted by Crippen LogP contribution is -2.30. The van der Waals surface area contributed by atoms with Gasteiger partial charge in [-0.25, -0.2) is 9.78 Å². The SMILES string of the molecule is COCc1cccc(C(=O)OC(C)C(=O)Nc2nc(-c3ccccc3)cs2)c1. The average molecular weight is 396 g/mol. The van der Waals surface area contributed by atoms with Gasteiger partial charge < -0.3 is 9.47 Å². The number of hydrogen-bond acceptors (Lipinski definition) is 6. The Bertz CT molecular complexity index is 956. The first-order valence-electron chi connectivity index (χ1n) is 8.67. The van der Waals surface area contributed by atoms with Crippen molar-refractivity contribution in [2.45, 2.75) is 19.6 Å². The molecule has 0 aliphatic rings. The van der Waals surface area contributed by atoms with E-state index in [0.717, 1.165) is 16.8 Å². The molecule has 0 saturated heterocycles. The fourth-order valence-corrected chi connectivity index (χ4v) is 3.24. The van der Waals surface area contributed by atoms with E-state index in [1.54, 1.807) is 25.3 Å². The van der Waals surface area contributed by atoms with Gasteiger partial charge in [-0.3, -0.25) is 10.1 Å². The summed E-state index contributed by atoms with van der Waals surface area (Å²) < 4.78 is 10.3.